The van der Waals surface area contributed by atoms with E-state index < -0.39 is 17.7 Å². The molecule has 0 bridgehead atoms. The lowest BCUT2D eigenvalue weighted by molar-refractivity contribution is -0.160. The predicted octanol–water partition coefficient (Wildman–Crippen LogP) is 7.22. The van der Waals surface area contributed by atoms with Gasteiger partial charge in [0, 0.05) is 25.1 Å². The van der Waals surface area contributed by atoms with Gasteiger partial charge in [-0.05, 0) is 74.4 Å². The number of aromatic nitrogens is 1. The largest absolute Gasteiger partial charge is 0.493 e. The third kappa shape index (κ3) is 7.79. The van der Waals surface area contributed by atoms with Crippen LogP contribution in [0.5, 0.6) is 5.75 Å². The van der Waals surface area contributed by atoms with Crippen molar-refractivity contribution in [2.45, 2.75) is 72.2 Å². The number of aliphatic hydroxyl groups excluding tert-OH is 1. The summed E-state index contributed by atoms with van der Waals surface area (Å²) in [7, 11) is 0. The van der Waals surface area contributed by atoms with Crippen molar-refractivity contribution in [1.82, 2.24) is 4.98 Å². The van der Waals surface area contributed by atoms with E-state index in [0.29, 0.717) is 48.8 Å². The van der Waals surface area contributed by atoms with Crippen LogP contribution >= 0.6 is 11.6 Å². The number of aliphatic hydroxyl groups is 1. The van der Waals surface area contributed by atoms with Gasteiger partial charge in [0.1, 0.15) is 16.7 Å². The highest BCUT2D eigenvalue weighted by molar-refractivity contribution is 6.31. The molecule has 0 amide bonds. The summed E-state index contributed by atoms with van der Waals surface area (Å²) in [4.78, 5) is 19.3. The maximum Gasteiger partial charge on any atom is 0.337 e. The lowest BCUT2D eigenvalue weighted by Crippen LogP contribution is -2.39. The van der Waals surface area contributed by atoms with Crippen molar-refractivity contribution in [3.8, 4) is 16.9 Å². The number of nitrogens with zero attached hydrogens (tertiary/aromatic N) is 2. The first-order valence-corrected chi connectivity index (χ1v) is 14.6. The molecule has 4 rings (SSSR count). The first kappa shape index (κ1) is 31.7. The summed E-state index contributed by atoms with van der Waals surface area (Å²) >= 11 is 6.72. The molecular formula is C33H40ClFN2O5. The number of piperidine rings is 1. The van der Waals surface area contributed by atoms with E-state index in [2.05, 4.69) is 23.7 Å². The van der Waals surface area contributed by atoms with Crippen LogP contribution in [0.15, 0.2) is 48.5 Å². The Bertz CT molecular complexity index is 1380. The molecule has 9 heteroatoms. The van der Waals surface area contributed by atoms with Crippen molar-refractivity contribution < 1.29 is 28.9 Å². The van der Waals surface area contributed by atoms with E-state index in [1.54, 1.807) is 32.9 Å². The van der Waals surface area contributed by atoms with Gasteiger partial charge in [0.15, 0.2) is 6.10 Å². The molecule has 1 unspecified atom stereocenters. The number of halogens is 2. The molecule has 42 heavy (non-hydrogen) atoms. The molecule has 2 aromatic carbocycles. The average Bonchev–Trinajstić information content (AvgIpc) is 2.92. The van der Waals surface area contributed by atoms with Gasteiger partial charge in [-0.1, -0.05) is 49.7 Å². The topological polar surface area (TPSA) is 92.1 Å². The summed E-state index contributed by atoms with van der Waals surface area (Å²) < 4.78 is 25.2. The predicted molar refractivity (Wildman–Crippen MR) is 163 cm³/mol. The van der Waals surface area contributed by atoms with Crippen LogP contribution in [0.4, 0.5) is 10.1 Å². The fourth-order valence-corrected chi connectivity index (χ4v) is 5.45. The van der Waals surface area contributed by atoms with Crippen LogP contribution in [0.2, 0.25) is 5.15 Å². The number of carboxylic acids is 1. The fraction of sp³-hybridized carbons (Fsp3) is 0.455. The summed E-state index contributed by atoms with van der Waals surface area (Å²) in [6.07, 6.45) is 1.06. The molecule has 1 aliphatic rings. The SMILES string of the molecule is CC1(C)CCN(c2c(-c3ccc(OCCc4ccc(F)cc4)cc3)c(CO)nc(Cl)c2C(OC(C)(C)C)C(=O)O)CC1. The van der Waals surface area contributed by atoms with Gasteiger partial charge in [0.05, 0.1) is 35.8 Å². The standard InChI is InChI=1S/C33H40ClFN2O5/c1-32(2,3)42-29(31(39)40)27-28(37-17-15-33(4,5)16-18-37)26(25(20-38)36-30(27)34)22-8-12-24(13-9-22)41-19-14-21-6-10-23(35)11-7-21/h6-13,29,38H,14-20H2,1-5H3,(H,39,40). The van der Waals surface area contributed by atoms with E-state index in [9.17, 15) is 19.4 Å². The molecule has 1 atom stereocenters. The third-order valence-electron chi connectivity index (χ3n) is 7.49. The molecule has 1 aliphatic heterocycles. The molecule has 0 aliphatic carbocycles. The second-order valence-corrected chi connectivity index (χ2v) is 12.9. The molecule has 1 aromatic heterocycles. The Hall–Kier alpha value is -3.20. The number of rotatable bonds is 10. The van der Waals surface area contributed by atoms with Gasteiger partial charge in [-0.3, -0.25) is 0 Å². The van der Waals surface area contributed by atoms with Gasteiger partial charge in [-0.25, -0.2) is 14.2 Å². The van der Waals surface area contributed by atoms with E-state index in [-0.39, 0.29) is 28.6 Å². The van der Waals surface area contributed by atoms with Gasteiger partial charge in [-0.15, -0.1) is 0 Å². The van der Waals surface area contributed by atoms with Crippen LogP contribution in [0, 0.1) is 11.2 Å². The minimum Gasteiger partial charge on any atom is -0.493 e. The molecule has 0 radical (unpaired) electrons. The third-order valence-corrected chi connectivity index (χ3v) is 7.78. The number of benzene rings is 2. The number of carbonyl (C=O) groups is 1. The van der Waals surface area contributed by atoms with Crippen molar-refractivity contribution in [2.75, 3.05) is 24.6 Å². The lowest BCUT2D eigenvalue weighted by Gasteiger charge is -2.41. The normalized spacial score (nSPS) is 15.9. The van der Waals surface area contributed by atoms with Crippen molar-refractivity contribution in [2.24, 2.45) is 5.41 Å². The quantitative estimate of drug-likeness (QED) is 0.238. The van der Waals surface area contributed by atoms with E-state index in [0.717, 1.165) is 24.0 Å². The average molecular weight is 599 g/mol. The monoisotopic (exact) mass is 598 g/mol. The van der Waals surface area contributed by atoms with Crippen LogP contribution in [0.1, 0.15) is 70.4 Å². The van der Waals surface area contributed by atoms with E-state index in [1.165, 1.54) is 12.1 Å². The van der Waals surface area contributed by atoms with Gasteiger partial charge in [-0.2, -0.15) is 0 Å². The van der Waals surface area contributed by atoms with E-state index in [1.807, 2.05) is 24.3 Å². The highest BCUT2D eigenvalue weighted by Crippen LogP contribution is 2.46. The summed E-state index contributed by atoms with van der Waals surface area (Å²) in [5, 5.41) is 20.7. The summed E-state index contributed by atoms with van der Waals surface area (Å²) in [5.41, 5.74) is 2.98. The number of ether oxygens (including phenoxy) is 2. The zero-order chi connectivity index (χ0) is 30.7. The number of carboxylic acid groups (broad SMARTS) is 1. The molecule has 7 nitrogen and oxygen atoms in total. The van der Waals surface area contributed by atoms with Crippen LogP contribution in [0.3, 0.4) is 0 Å². The summed E-state index contributed by atoms with van der Waals surface area (Å²) in [6, 6.07) is 13.7. The highest BCUT2D eigenvalue weighted by atomic mass is 35.5. The van der Waals surface area contributed by atoms with Crippen LogP contribution in [-0.2, 0) is 22.6 Å². The van der Waals surface area contributed by atoms with Crippen molar-refractivity contribution in [3.63, 3.8) is 0 Å². The number of anilines is 1. The molecule has 2 heterocycles. The molecule has 0 saturated carbocycles. The zero-order valence-electron chi connectivity index (χ0n) is 24.9. The van der Waals surface area contributed by atoms with Gasteiger partial charge < -0.3 is 24.6 Å². The van der Waals surface area contributed by atoms with Crippen molar-refractivity contribution in [1.29, 1.82) is 0 Å². The molecular weight excluding hydrogens is 559 g/mol. The molecule has 1 saturated heterocycles. The van der Waals surface area contributed by atoms with Crippen LogP contribution < -0.4 is 9.64 Å². The number of hydrogen-bond donors (Lipinski definition) is 2. The lowest BCUT2D eigenvalue weighted by atomic mass is 9.82. The Morgan fingerprint density at radius 3 is 2.26 bits per heavy atom. The molecule has 0 spiro atoms. The van der Waals surface area contributed by atoms with E-state index >= 15 is 0 Å². The second-order valence-electron chi connectivity index (χ2n) is 12.5. The Balaban J connectivity index is 1.75. The van der Waals surface area contributed by atoms with Crippen LogP contribution in [0.25, 0.3) is 11.1 Å². The summed E-state index contributed by atoms with van der Waals surface area (Å²) in [6.45, 7) is 11.2. The zero-order valence-corrected chi connectivity index (χ0v) is 25.7. The van der Waals surface area contributed by atoms with Crippen molar-refractivity contribution in [3.05, 3.63) is 76.3 Å². The van der Waals surface area contributed by atoms with Gasteiger partial charge >= 0.3 is 5.97 Å². The minimum atomic E-state index is -1.37. The first-order chi connectivity index (χ1) is 19.8. The Kier molecular flexibility index (Phi) is 9.81. The van der Waals surface area contributed by atoms with Gasteiger partial charge in [0.25, 0.3) is 0 Å². The Morgan fingerprint density at radius 1 is 1.10 bits per heavy atom. The first-order valence-electron chi connectivity index (χ1n) is 14.2. The van der Waals surface area contributed by atoms with Gasteiger partial charge in [0.2, 0.25) is 0 Å². The maximum atomic E-state index is 13.2. The smallest absolute Gasteiger partial charge is 0.337 e. The number of aliphatic carboxylic acids is 1. The Labute approximate surface area is 252 Å². The summed E-state index contributed by atoms with van der Waals surface area (Å²) in [5.74, 6) is -0.793. The molecule has 2 N–H and O–H groups in total. The van der Waals surface area contributed by atoms with Crippen molar-refractivity contribution >= 4 is 23.3 Å². The molecule has 226 valence electrons. The number of pyridine rings is 1. The van der Waals surface area contributed by atoms with E-state index in [4.69, 9.17) is 21.1 Å². The molecule has 1 fully saturated rings. The molecule has 3 aromatic rings. The fourth-order valence-electron chi connectivity index (χ4n) is 5.16. The van der Waals surface area contributed by atoms with Crippen LogP contribution in [-0.4, -0.2) is 46.5 Å². The second kappa shape index (κ2) is 13.0. The maximum absolute atomic E-state index is 13.2. The number of hydrogen-bond acceptors (Lipinski definition) is 6. The highest BCUT2D eigenvalue weighted by Gasteiger charge is 2.37. The Morgan fingerprint density at radius 2 is 1.71 bits per heavy atom. The minimum absolute atomic E-state index is 0.0000281.